The van der Waals surface area contributed by atoms with Crippen molar-refractivity contribution in [3.8, 4) is 0 Å². The van der Waals surface area contributed by atoms with E-state index >= 15 is 0 Å². The number of benzene rings is 2. The van der Waals surface area contributed by atoms with Gasteiger partial charge in [-0.15, -0.1) is 0 Å². The molecule has 9 heteroatoms. The predicted molar refractivity (Wildman–Crippen MR) is 125 cm³/mol. The highest BCUT2D eigenvalue weighted by atomic mass is 35.5. The second kappa shape index (κ2) is 11.2. The molecule has 2 aromatic carbocycles. The van der Waals surface area contributed by atoms with E-state index in [9.17, 15) is 23.2 Å². The van der Waals surface area contributed by atoms with Crippen LogP contribution >= 0.6 is 11.6 Å². The molecule has 2 aliphatic rings. The third-order valence-corrected chi connectivity index (χ3v) is 6.64. The van der Waals surface area contributed by atoms with E-state index in [-0.39, 0.29) is 43.4 Å². The Bertz CT molecular complexity index is 1110. The third kappa shape index (κ3) is 6.78. The number of ether oxygens (including phenoxy) is 1. The summed E-state index contributed by atoms with van der Waals surface area (Å²) >= 11 is 5.97. The van der Waals surface area contributed by atoms with Gasteiger partial charge in [0.2, 0.25) is 11.8 Å². The summed E-state index contributed by atoms with van der Waals surface area (Å²) in [6, 6.07) is 9.55. The molecule has 0 spiro atoms. The van der Waals surface area contributed by atoms with Crippen LogP contribution in [0.5, 0.6) is 0 Å². The van der Waals surface area contributed by atoms with Gasteiger partial charge in [0.15, 0.2) is 11.6 Å². The zero-order valence-electron chi connectivity index (χ0n) is 19.1. The smallest absolute Gasteiger partial charge is 0.328 e. The summed E-state index contributed by atoms with van der Waals surface area (Å²) in [6.07, 6.45) is 3.10. The van der Waals surface area contributed by atoms with E-state index in [1.54, 1.807) is 24.3 Å². The Kier molecular flexibility index (Phi) is 8.00. The normalized spacial score (nSPS) is 18.4. The van der Waals surface area contributed by atoms with Gasteiger partial charge in [-0.25, -0.2) is 13.6 Å². The number of rotatable bonds is 10. The molecule has 2 fully saturated rings. The number of nitrogens with one attached hydrogen (secondary N) is 1. The first-order valence-corrected chi connectivity index (χ1v) is 12.1. The summed E-state index contributed by atoms with van der Waals surface area (Å²) < 4.78 is 33.1. The Balaban J connectivity index is 1.36. The maximum Gasteiger partial charge on any atom is 0.328 e. The number of halogens is 3. The van der Waals surface area contributed by atoms with E-state index in [1.807, 2.05) is 0 Å². The van der Waals surface area contributed by atoms with Gasteiger partial charge in [0.1, 0.15) is 12.6 Å². The van der Waals surface area contributed by atoms with E-state index < -0.39 is 29.7 Å². The SMILES string of the molecule is O=C(C[C@@H]1CCC(=O)N1Cc1cccc(F)c1F)N[C@@H](CC1CC1)C(=O)OCc1cccc(Cl)c1. The highest BCUT2D eigenvalue weighted by molar-refractivity contribution is 6.30. The number of hydrogen-bond acceptors (Lipinski definition) is 4. The number of esters is 1. The molecule has 186 valence electrons. The first-order valence-electron chi connectivity index (χ1n) is 11.7. The average molecular weight is 505 g/mol. The van der Waals surface area contributed by atoms with Gasteiger partial charge >= 0.3 is 5.97 Å². The van der Waals surface area contributed by atoms with Gasteiger partial charge in [0, 0.05) is 36.0 Å². The molecule has 1 saturated heterocycles. The van der Waals surface area contributed by atoms with Crippen molar-refractivity contribution in [2.75, 3.05) is 0 Å². The van der Waals surface area contributed by atoms with Gasteiger partial charge in [-0.2, -0.15) is 0 Å². The van der Waals surface area contributed by atoms with Crippen LogP contribution in [0.1, 0.15) is 49.7 Å². The van der Waals surface area contributed by atoms with Crippen molar-refractivity contribution >= 4 is 29.4 Å². The zero-order chi connectivity index (χ0) is 24.9. The number of nitrogens with zero attached hydrogens (tertiary/aromatic N) is 1. The van der Waals surface area contributed by atoms with Crippen LogP contribution in [0.2, 0.25) is 5.02 Å². The fraction of sp³-hybridized carbons (Fsp3) is 0.423. The van der Waals surface area contributed by atoms with Gasteiger partial charge in [-0.3, -0.25) is 9.59 Å². The largest absolute Gasteiger partial charge is 0.459 e. The minimum atomic E-state index is -0.998. The quantitative estimate of drug-likeness (QED) is 0.482. The van der Waals surface area contributed by atoms with Crippen LogP contribution in [0, 0.1) is 17.6 Å². The van der Waals surface area contributed by atoms with Gasteiger partial charge in [-0.05, 0) is 42.5 Å². The lowest BCUT2D eigenvalue weighted by Gasteiger charge is -2.26. The summed E-state index contributed by atoms with van der Waals surface area (Å²) in [6.45, 7) is -0.0753. The molecule has 0 unspecified atom stereocenters. The van der Waals surface area contributed by atoms with E-state index in [0.717, 1.165) is 24.5 Å². The fourth-order valence-electron chi connectivity index (χ4n) is 4.33. The van der Waals surface area contributed by atoms with Crippen LogP contribution in [0.25, 0.3) is 0 Å². The van der Waals surface area contributed by atoms with Crippen molar-refractivity contribution in [1.82, 2.24) is 10.2 Å². The molecule has 1 heterocycles. The standard InChI is InChI=1S/C26H27ClF2N2O4/c27-19-5-1-3-17(11-19)15-35-26(34)22(12-16-7-8-16)30-23(32)13-20-9-10-24(33)31(20)14-18-4-2-6-21(28)25(18)29/h1-6,11,16,20,22H,7-10,12-15H2,(H,30,32)/t20-,22-/m0/s1. The molecule has 0 bridgehead atoms. The molecule has 35 heavy (non-hydrogen) atoms. The van der Waals surface area contributed by atoms with Crippen molar-refractivity contribution in [1.29, 1.82) is 0 Å². The molecule has 2 amide bonds. The monoisotopic (exact) mass is 504 g/mol. The number of hydrogen-bond donors (Lipinski definition) is 1. The van der Waals surface area contributed by atoms with Crippen molar-refractivity contribution in [3.05, 3.63) is 70.2 Å². The number of carbonyl (C=O) groups is 3. The fourth-order valence-corrected chi connectivity index (χ4v) is 4.54. The molecule has 6 nitrogen and oxygen atoms in total. The summed E-state index contributed by atoms with van der Waals surface area (Å²) in [5, 5.41) is 3.31. The molecule has 1 saturated carbocycles. The van der Waals surface area contributed by atoms with Crippen LogP contribution in [-0.2, 0) is 32.3 Å². The number of amides is 2. The van der Waals surface area contributed by atoms with Crippen LogP contribution in [0.15, 0.2) is 42.5 Å². The molecule has 2 aromatic rings. The lowest BCUT2D eigenvalue weighted by molar-refractivity contribution is -0.149. The maximum absolute atomic E-state index is 14.1. The zero-order valence-corrected chi connectivity index (χ0v) is 19.9. The second-order valence-corrected chi connectivity index (χ2v) is 9.60. The Morgan fingerprint density at radius 1 is 1.14 bits per heavy atom. The predicted octanol–water partition coefficient (Wildman–Crippen LogP) is 4.53. The highest BCUT2D eigenvalue weighted by Crippen LogP contribution is 2.34. The molecule has 1 N–H and O–H groups in total. The van der Waals surface area contributed by atoms with Gasteiger partial charge in [0.05, 0.1) is 0 Å². The summed E-state index contributed by atoms with van der Waals surface area (Å²) in [5.41, 5.74) is 0.800. The molecular weight excluding hydrogens is 478 g/mol. The van der Waals surface area contributed by atoms with Crippen LogP contribution in [0.4, 0.5) is 8.78 Å². The Morgan fingerprint density at radius 3 is 2.66 bits per heavy atom. The van der Waals surface area contributed by atoms with Crippen LogP contribution < -0.4 is 5.32 Å². The molecule has 0 radical (unpaired) electrons. The van der Waals surface area contributed by atoms with Crippen molar-refractivity contribution < 1.29 is 27.9 Å². The Hall–Kier alpha value is -3.00. The molecule has 2 atom stereocenters. The molecule has 1 aliphatic carbocycles. The van der Waals surface area contributed by atoms with E-state index in [0.29, 0.717) is 23.8 Å². The van der Waals surface area contributed by atoms with Crippen molar-refractivity contribution in [2.24, 2.45) is 5.92 Å². The first kappa shape index (κ1) is 25.1. The number of carbonyl (C=O) groups excluding carboxylic acids is 3. The van der Waals surface area contributed by atoms with Crippen molar-refractivity contribution in [3.63, 3.8) is 0 Å². The Labute approximate surface area is 207 Å². The van der Waals surface area contributed by atoms with Crippen LogP contribution in [-0.4, -0.2) is 34.8 Å². The highest BCUT2D eigenvalue weighted by Gasteiger charge is 2.35. The molecule has 0 aromatic heterocycles. The average Bonchev–Trinajstić information content (AvgIpc) is 3.58. The lowest BCUT2D eigenvalue weighted by atomic mass is 10.1. The second-order valence-electron chi connectivity index (χ2n) is 9.17. The van der Waals surface area contributed by atoms with Crippen LogP contribution in [0.3, 0.4) is 0 Å². The maximum atomic E-state index is 14.1. The third-order valence-electron chi connectivity index (χ3n) is 6.40. The first-order chi connectivity index (χ1) is 16.8. The molecular formula is C26H27ClF2N2O4. The summed E-state index contributed by atoms with van der Waals surface area (Å²) in [7, 11) is 0. The van der Waals surface area contributed by atoms with E-state index in [1.165, 1.54) is 17.0 Å². The van der Waals surface area contributed by atoms with E-state index in [4.69, 9.17) is 16.3 Å². The minimum Gasteiger partial charge on any atom is -0.459 e. The van der Waals surface area contributed by atoms with Gasteiger partial charge < -0.3 is 15.0 Å². The topological polar surface area (TPSA) is 75.7 Å². The summed E-state index contributed by atoms with van der Waals surface area (Å²) in [5.74, 6) is -2.75. The van der Waals surface area contributed by atoms with Gasteiger partial charge in [-0.1, -0.05) is 48.7 Å². The molecule has 1 aliphatic heterocycles. The summed E-state index contributed by atoms with van der Waals surface area (Å²) in [4.78, 5) is 39.4. The van der Waals surface area contributed by atoms with Gasteiger partial charge in [0.25, 0.3) is 0 Å². The van der Waals surface area contributed by atoms with Crippen molar-refractivity contribution in [2.45, 2.75) is 63.8 Å². The number of likely N-dealkylation sites (tertiary alicyclic amines) is 1. The minimum absolute atomic E-state index is 0.0363. The Morgan fingerprint density at radius 2 is 1.91 bits per heavy atom. The lowest BCUT2D eigenvalue weighted by Crippen LogP contribution is -2.44. The van der Waals surface area contributed by atoms with E-state index in [2.05, 4.69) is 5.32 Å². The molecule has 4 rings (SSSR count).